The maximum absolute atomic E-state index is 12.5. The molecule has 1 aromatic carbocycles. The lowest BCUT2D eigenvalue weighted by atomic mass is 9.96. The maximum atomic E-state index is 12.5. The molecule has 0 unspecified atom stereocenters. The molecular weight excluding hydrogens is 342 g/mol. The van der Waals surface area contributed by atoms with E-state index >= 15 is 0 Å². The highest BCUT2D eigenvalue weighted by Gasteiger charge is 2.26. The molecular formula is C17H23N3O4S. The first-order valence-corrected chi connectivity index (χ1v) is 8.80. The van der Waals surface area contributed by atoms with E-state index in [1.165, 1.54) is 0 Å². The van der Waals surface area contributed by atoms with Crippen molar-refractivity contribution in [3.05, 3.63) is 18.2 Å². The number of ether oxygens (including phenoxy) is 3. The number of rotatable bonds is 5. The van der Waals surface area contributed by atoms with Crippen LogP contribution in [0.4, 0.5) is 5.69 Å². The van der Waals surface area contributed by atoms with Crippen molar-refractivity contribution in [2.24, 2.45) is 5.92 Å². The quantitative estimate of drug-likeness (QED) is 0.606. The number of hydrogen-bond acceptors (Lipinski definition) is 5. The summed E-state index contributed by atoms with van der Waals surface area (Å²) in [5.74, 6) is 1.40. The molecule has 3 rings (SSSR count). The lowest BCUT2D eigenvalue weighted by Gasteiger charge is -2.33. The number of nitrogens with zero attached hydrogens (tertiary/aromatic N) is 1. The fourth-order valence-electron chi connectivity index (χ4n) is 2.94. The van der Waals surface area contributed by atoms with Gasteiger partial charge in [0.2, 0.25) is 12.7 Å². The Balaban J connectivity index is 1.46. The molecule has 0 atom stereocenters. The molecule has 1 saturated heterocycles. The Morgan fingerprint density at radius 1 is 1.32 bits per heavy atom. The van der Waals surface area contributed by atoms with Crippen LogP contribution in [0.5, 0.6) is 11.5 Å². The van der Waals surface area contributed by atoms with Crippen molar-refractivity contribution in [3.63, 3.8) is 0 Å². The molecule has 0 radical (unpaired) electrons. The molecule has 1 fully saturated rings. The summed E-state index contributed by atoms with van der Waals surface area (Å²) in [4.78, 5) is 14.6. The number of fused-ring (bicyclic) bond motifs is 1. The molecule has 2 aliphatic rings. The predicted octanol–water partition coefficient (Wildman–Crippen LogP) is 1.59. The summed E-state index contributed by atoms with van der Waals surface area (Å²) in [6.45, 7) is 3.09. The number of hydrogen-bond donors (Lipinski definition) is 2. The van der Waals surface area contributed by atoms with E-state index in [4.69, 9.17) is 26.4 Å². The van der Waals surface area contributed by atoms with Crippen LogP contribution < -0.4 is 20.1 Å². The van der Waals surface area contributed by atoms with E-state index in [1.807, 2.05) is 12.1 Å². The van der Waals surface area contributed by atoms with Crippen LogP contribution in [0.3, 0.4) is 0 Å². The first-order chi connectivity index (χ1) is 12.2. The van der Waals surface area contributed by atoms with E-state index in [0.717, 1.165) is 36.7 Å². The van der Waals surface area contributed by atoms with Crippen molar-refractivity contribution in [3.8, 4) is 11.5 Å². The van der Waals surface area contributed by atoms with Gasteiger partial charge in [0.1, 0.15) is 0 Å². The molecule has 0 spiro atoms. The lowest BCUT2D eigenvalue weighted by Crippen LogP contribution is -2.46. The maximum Gasteiger partial charge on any atom is 0.231 e. The number of nitrogens with one attached hydrogen (secondary N) is 2. The van der Waals surface area contributed by atoms with E-state index in [2.05, 4.69) is 15.5 Å². The second-order valence-electron chi connectivity index (χ2n) is 6.04. The first kappa shape index (κ1) is 17.8. The third kappa shape index (κ3) is 4.52. The van der Waals surface area contributed by atoms with Crippen LogP contribution in [0.2, 0.25) is 0 Å². The van der Waals surface area contributed by atoms with Gasteiger partial charge in [-0.3, -0.25) is 4.79 Å². The van der Waals surface area contributed by atoms with Gasteiger partial charge in [-0.15, -0.1) is 0 Å². The number of methoxy groups -OCH3 is 1. The van der Waals surface area contributed by atoms with Crippen molar-refractivity contribution in [1.29, 1.82) is 0 Å². The standard InChI is InChI=1S/C17H23N3O4S/c1-22-9-6-18-17(25)20-7-4-12(5-8-20)16(21)19-13-2-3-14-15(10-13)24-11-23-14/h2-3,10,12H,4-9,11H2,1H3,(H,18,25)(H,19,21). The molecule has 1 aromatic rings. The van der Waals surface area contributed by atoms with Gasteiger partial charge in [-0.05, 0) is 37.2 Å². The fourth-order valence-corrected chi connectivity index (χ4v) is 3.22. The summed E-state index contributed by atoms with van der Waals surface area (Å²) in [5, 5.41) is 6.86. The van der Waals surface area contributed by atoms with Crippen molar-refractivity contribution in [2.75, 3.05) is 45.5 Å². The van der Waals surface area contributed by atoms with Crippen molar-refractivity contribution in [1.82, 2.24) is 10.2 Å². The molecule has 2 heterocycles. The monoisotopic (exact) mass is 365 g/mol. The number of thiocarbonyl (C=S) groups is 1. The topological polar surface area (TPSA) is 72.1 Å². The minimum absolute atomic E-state index is 0.0107. The van der Waals surface area contributed by atoms with Crippen molar-refractivity contribution >= 4 is 28.9 Å². The van der Waals surface area contributed by atoms with E-state index < -0.39 is 0 Å². The minimum Gasteiger partial charge on any atom is -0.454 e. The highest BCUT2D eigenvalue weighted by molar-refractivity contribution is 7.80. The molecule has 0 bridgehead atoms. The Morgan fingerprint density at radius 2 is 2.08 bits per heavy atom. The average Bonchev–Trinajstić information content (AvgIpc) is 3.09. The van der Waals surface area contributed by atoms with Gasteiger partial charge in [-0.1, -0.05) is 0 Å². The van der Waals surface area contributed by atoms with Gasteiger partial charge in [0.25, 0.3) is 0 Å². The zero-order valence-electron chi connectivity index (χ0n) is 14.2. The van der Waals surface area contributed by atoms with E-state index in [1.54, 1.807) is 13.2 Å². The Morgan fingerprint density at radius 3 is 2.84 bits per heavy atom. The summed E-state index contributed by atoms with van der Waals surface area (Å²) in [7, 11) is 1.66. The molecule has 7 nitrogen and oxygen atoms in total. The molecule has 0 aromatic heterocycles. The van der Waals surface area contributed by atoms with Crippen LogP contribution in [0, 0.1) is 5.92 Å². The Bertz CT molecular complexity index is 632. The van der Waals surface area contributed by atoms with Crippen LogP contribution in [0.1, 0.15) is 12.8 Å². The van der Waals surface area contributed by atoms with Crippen LogP contribution >= 0.6 is 12.2 Å². The van der Waals surface area contributed by atoms with Crippen LogP contribution in [0.15, 0.2) is 18.2 Å². The van der Waals surface area contributed by atoms with Crippen molar-refractivity contribution < 1.29 is 19.0 Å². The van der Waals surface area contributed by atoms with E-state index in [-0.39, 0.29) is 18.6 Å². The summed E-state index contributed by atoms with van der Waals surface area (Å²) >= 11 is 5.38. The summed E-state index contributed by atoms with van der Waals surface area (Å²) < 4.78 is 15.6. The summed E-state index contributed by atoms with van der Waals surface area (Å²) in [6, 6.07) is 5.43. The Labute approximate surface area is 152 Å². The van der Waals surface area contributed by atoms with E-state index in [9.17, 15) is 4.79 Å². The smallest absolute Gasteiger partial charge is 0.231 e. The fraction of sp³-hybridized carbons (Fsp3) is 0.529. The molecule has 1 amide bonds. The highest BCUT2D eigenvalue weighted by Crippen LogP contribution is 2.34. The zero-order chi connectivity index (χ0) is 17.6. The minimum atomic E-state index is -0.0107. The molecule has 8 heteroatoms. The SMILES string of the molecule is COCCNC(=S)N1CCC(C(=O)Nc2ccc3c(c2)OCO3)CC1. The average molecular weight is 365 g/mol. The molecule has 0 saturated carbocycles. The number of amides is 1. The third-order valence-corrected chi connectivity index (χ3v) is 4.78. The molecule has 0 aliphatic carbocycles. The molecule has 136 valence electrons. The predicted molar refractivity (Wildman–Crippen MR) is 98.0 cm³/mol. The van der Waals surface area contributed by atoms with Gasteiger partial charge >= 0.3 is 0 Å². The Hall–Kier alpha value is -2.06. The van der Waals surface area contributed by atoms with Gasteiger partial charge in [-0.2, -0.15) is 0 Å². The number of carbonyl (C=O) groups excluding carboxylic acids is 1. The van der Waals surface area contributed by atoms with Crippen LogP contribution in [0.25, 0.3) is 0 Å². The summed E-state index contributed by atoms with van der Waals surface area (Å²) in [6.07, 6.45) is 1.56. The number of anilines is 1. The third-order valence-electron chi connectivity index (χ3n) is 4.38. The van der Waals surface area contributed by atoms with E-state index in [0.29, 0.717) is 24.7 Å². The number of likely N-dealkylation sites (tertiary alicyclic amines) is 1. The molecule has 2 aliphatic heterocycles. The normalized spacial score (nSPS) is 16.6. The van der Waals surface area contributed by atoms with Gasteiger partial charge in [-0.25, -0.2) is 0 Å². The van der Waals surface area contributed by atoms with Crippen molar-refractivity contribution in [2.45, 2.75) is 12.8 Å². The number of benzene rings is 1. The zero-order valence-corrected chi connectivity index (χ0v) is 15.1. The van der Waals surface area contributed by atoms with Gasteiger partial charge in [0, 0.05) is 44.4 Å². The summed E-state index contributed by atoms with van der Waals surface area (Å²) in [5.41, 5.74) is 0.730. The number of piperidine rings is 1. The first-order valence-electron chi connectivity index (χ1n) is 8.39. The largest absolute Gasteiger partial charge is 0.454 e. The second-order valence-corrected chi connectivity index (χ2v) is 6.43. The van der Waals surface area contributed by atoms with Gasteiger partial charge in [0.15, 0.2) is 16.6 Å². The lowest BCUT2D eigenvalue weighted by molar-refractivity contribution is -0.120. The number of carbonyl (C=O) groups is 1. The van der Waals surface area contributed by atoms with Crippen LogP contribution in [-0.2, 0) is 9.53 Å². The highest BCUT2D eigenvalue weighted by atomic mass is 32.1. The van der Waals surface area contributed by atoms with Gasteiger partial charge in [0.05, 0.1) is 6.61 Å². The molecule has 25 heavy (non-hydrogen) atoms. The molecule has 2 N–H and O–H groups in total. The second kappa shape index (κ2) is 8.35. The Kier molecular flexibility index (Phi) is 5.93. The van der Waals surface area contributed by atoms with Crippen LogP contribution in [-0.4, -0.2) is 56.1 Å². The van der Waals surface area contributed by atoms with Gasteiger partial charge < -0.3 is 29.7 Å².